The molecule has 2 rings (SSSR count). The number of likely N-dealkylation sites (tertiary alicyclic amines) is 1. The minimum Gasteiger partial charge on any atom is -0.353 e. The van der Waals surface area contributed by atoms with Crippen LogP contribution in [0.4, 0.5) is 0 Å². The summed E-state index contributed by atoms with van der Waals surface area (Å²) in [5, 5.41) is 0. The molecule has 0 aliphatic carbocycles. The van der Waals surface area contributed by atoms with Crippen LogP contribution in [0.15, 0.2) is 0 Å². The van der Waals surface area contributed by atoms with Crippen molar-refractivity contribution in [3.05, 3.63) is 0 Å². The molecule has 0 aromatic heterocycles. The molecule has 0 aromatic rings. The van der Waals surface area contributed by atoms with Crippen LogP contribution >= 0.6 is 0 Å². The van der Waals surface area contributed by atoms with Crippen LogP contribution in [-0.2, 0) is 9.47 Å². The van der Waals surface area contributed by atoms with Crippen molar-refractivity contribution in [2.24, 2.45) is 0 Å². The Morgan fingerprint density at radius 2 is 1.76 bits per heavy atom. The Morgan fingerprint density at radius 3 is 2.35 bits per heavy atom. The second kappa shape index (κ2) is 6.69. The Morgan fingerprint density at radius 1 is 1.12 bits per heavy atom. The van der Waals surface area contributed by atoms with E-state index in [1.54, 1.807) is 0 Å². The summed E-state index contributed by atoms with van der Waals surface area (Å²) in [6.45, 7) is 5.29. The standard InChI is InChI=1S/C13H26N2O2/c1-14(2)12-4-7-15(8-5-12)9-6-13-16-10-3-11-17-13/h12-13H,3-11H2,1-2H3. The van der Waals surface area contributed by atoms with E-state index in [-0.39, 0.29) is 6.29 Å². The van der Waals surface area contributed by atoms with Gasteiger partial charge in [0, 0.05) is 19.0 Å². The van der Waals surface area contributed by atoms with Gasteiger partial charge in [0.25, 0.3) is 0 Å². The van der Waals surface area contributed by atoms with Crippen LogP contribution in [0.2, 0.25) is 0 Å². The smallest absolute Gasteiger partial charge is 0.158 e. The molecule has 17 heavy (non-hydrogen) atoms. The van der Waals surface area contributed by atoms with E-state index in [0.29, 0.717) is 0 Å². The Labute approximate surface area is 105 Å². The lowest BCUT2D eigenvalue weighted by molar-refractivity contribution is -0.182. The molecule has 0 aromatic carbocycles. The van der Waals surface area contributed by atoms with Gasteiger partial charge in [-0.1, -0.05) is 0 Å². The van der Waals surface area contributed by atoms with Crippen molar-refractivity contribution in [1.82, 2.24) is 9.80 Å². The molecule has 2 aliphatic heterocycles. The Hall–Kier alpha value is -0.160. The third-order valence-electron chi connectivity index (χ3n) is 3.86. The second-order valence-electron chi connectivity index (χ2n) is 5.35. The summed E-state index contributed by atoms with van der Waals surface area (Å²) in [6.07, 6.45) is 4.70. The monoisotopic (exact) mass is 242 g/mol. The number of rotatable bonds is 4. The number of ether oxygens (including phenoxy) is 2. The first kappa shape index (κ1) is 13.3. The highest BCUT2D eigenvalue weighted by Crippen LogP contribution is 2.16. The van der Waals surface area contributed by atoms with Crippen molar-refractivity contribution in [2.75, 3.05) is 46.9 Å². The highest BCUT2D eigenvalue weighted by molar-refractivity contribution is 4.77. The topological polar surface area (TPSA) is 24.9 Å². The molecule has 0 amide bonds. The third-order valence-corrected chi connectivity index (χ3v) is 3.86. The van der Waals surface area contributed by atoms with Crippen molar-refractivity contribution < 1.29 is 9.47 Å². The zero-order valence-electron chi connectivity index (χ0n) is 11.2. The van der Waals surface area contributed by atoms with E-state index in [4.69, 9.17) is 9.47 Å². The Kier molecular flexibility index (Phi) is 5.22. The fraction of sp³-hybridized carbons (Fsp3) is 1.00. The van der Waals surface area contributed by atoms with Gasteiger partial charge in [-0.25, -0.2) is 0 Å². The van der Waals surface area contributed by atoms with Gasteiger partial charge in [0.15, 0.2) is 6.29 Å². The van der Waals surface area contributed by atoms with Gasteiger partial charge < -0.3 is 19.3 Å². The summed E-state index contributed by atoms with van der Waals surface area (Å²) in [4.78, 5) is 4.89. The van der Waals surface area contributed by atoms with E-state index in [2.05, 4.69) is 23.9 Å². The van der Waals surface area contributed by atoms with Gasteiger partial charge in [-0.2, -0.15) is 0 Å². The summed E-state index contributed by atoms with van der Waals surface area (Å²) in [5.41, 5.74) is 0. The van der Waals surface area contributed by atoms with Gasteiger partial charge in [-0.15, -0.1) is 0 Å². The highest BCUT2D eigenvalue weighted by Gasteiger charge is 2.22. The van der Waals surface area contributed by atoms with Gasteiger partial charge in [0.1, 0.15) is 0 Å². The third kappa shape index (κ3) is 4.21. The maximum absolute atomic E-state index is 5.57. The van der Waals surface area contributed by atoms with E-state index in [9.17, 15) is 0 Å². The maximum Gasteiger partial charge on any atom is 0.158 e. The molecule has 0 saturated carbocycles. The summed E-state index contributed by atoms with van der Waals surface area (Å²) in [5.74, 6) is 0. The molecule has 0 N–H and O–H groups in total. The number of piperidine rings is 1. The lowest BCUT2D eigenvalue weighted by Gasteiger charge is -2.36. The first-order valence-corrected chi connectivity index (χ1v) is 6.87. The molecule has 2 aliphatic rings. The SMILES string of the molecule is CN(C)C1CCN(CCC2OCCCO2)CC1. The van der Waals surface area contributed by atoms with Crippen molar-refractivity contribution in [3.8, 4) is 0 Å². The number of hydrogen-bond donors (Lipinski definition) is 0. The van der Waals surface area contributed by atoms with Gasteiger partial charge in [-0.05, 0) is 46.4 Å². The normalized spacial score (nSPS) is 25.6. The Bertz CT molecular complexity index is 209. The van der Waals surface area contributed by atoms with E-state index in [0.717, 1.165) is 38.6 Å². The molecule has 100 valence electrons. The van der Waals surface area contributed by atoms with Crippen LogP contribution in [0.1, 0.15) is 25.7 Å². The predicted molar refractivity (Wildman–Crippen MR) is 68.1 cm³/mol. The van der Waals surface area contributed by atoms with E-state index < -0.39 is 0 Å². The molecule has 0 bridgehead atoms. The summed E-state index contributed by atoms with van der Waals surface area (Å²) in [6, 6.07) is 0.772. The lowest BCUT2D eigenvalue weighted by atomic mass is 10.0. The molecular formula is C13H26N2O2. The zero-order valence-corrected chi connectivity index (χ0v) is 11.2. The molecular weight excluding hydrogens is 216 g/mol. The first-order chi connectivity index (χ1) is 8.25. The quantitative estimate of drug-likeness (QED) is 0.739. The average molecular weight is 242 g/mol. The van der Waals surface area contributed by atoms with Crippen LogP contribution in [0.25, 0.3) is 0 Å². The summed E-state index contributed by atoms with van der Waals surface area (Å²) in [7, 11) is 4.37. The minimum absolute atomic E-state index is 0.0512. The second-order valence-corrected chi connectivity index (χ2v) is 5.35. The van der Waals surface area contributed by atoms with Gasteiger partial charge >= 0.3 is 0 Å². The molecule has 0 atom stereocenters. The van der Waals surface area contributed by atoms with Crippen LogP contribution < -0.4 is 0 Å². The fourth-order valence-electron chi connectivity index (χ4n) is 2.65. The summed E-state index contributed by atoms with van der Waals surface area (Å²) >= 11 is 0. The van der Waals surface area contributed by atoms with Crippen LogP contribution in [-0.4, -0.2) is 69.1 Å². The van der Waals surface area contributed by atoms with E-state index in [1.807, 2.05) is 0 Å². The molecule has 4 heteroatoms. The molecule has 2 heterocycles. The van der Waals surface area contributed by atoms with Crippen molar-refractivity contribution >= 4 is 0 Å². The first-order valence-electron chi connectivity index (χ1n) is 6.87. The Balaban J connectivity index is 1.61. The van der Waals surface area contributed by atoms with Crippen LogP contribution in [0.5, 0.6) is 0 Å². The summed E-state index contributed by atoms with van der Waals surface area (Å²) < 4.78 is 11.1. The average Bonchev–Trinajstić information content (AvgIpc) is 2.38. The fourth-order valence-corrected chi connectivity index (χ4v) is 2.65. The van der Waals surface area contributed by atoms with Crippen molar-refractivity contribution in [3.63, 3.8) is 0 Å². The van der Waals surface area contributed by atoms with Crippen molar-refractivity contribution in [2.45, 2.75) is 38.0 Å². The number of nitrogens with zero attached hydrogens (tertiary/aromatic N) is 2. The van der Waals surface area contributed by atoms with Crippen LogP contribution in [0.3, 0.4) is 0 Å². The number of hydrogen-bond acceptors (Lipinski definition) is 4. The van der Waals surface area contributed by atoms with Gasteiger partial charge in [-0.3, -0.25) is 0 Å². The predicted octanol–water partition coefficient (Wildman–Crippen LogP) is 1.17. The van der Waals surface area contributed by atoms with Gasteiger partial charge in [0.2, 0.25) is 0 Å². The highest BCUT2D eigenvalue weighted by atomic mass is 16.7. The maximum atomic E-state index is 5.57. The zero-order chi connectivity index (χ0) is 12.1. The van der Waals surface area contributed by atoms with Crippen LogP contribution in [0, 0.1) is 0 Å². The van der Waals surface area contributed by atoms with Crippen molar-refractivity contribution in [1.29, 1.82) is 0 Å². The molecule has 0 unspecified atom stereocenters. The lowest BCUT2D eigenvalue weighted by Crippen LogP contribution is -2.43. The van der Waals surface area contributed by atoms with Gasteiger partial charge in [0.05, 0.1) is 13.2 Å². The molecule has 0 spiro atoms. The van der Waals surface area contributed by atoms with E-state index in [1.165, 1.54) is 25.9 Å². The molecule has 4 nitrogen and oxygen atoms in total. The minimum atomic E-state index is 0.0512. The molecule has 2 saturated heterocycles. The largest absolute Gasteiger partial charge is 0.353 e. The van der Waals surface area contributed by atoms with E-state index >= 15 is 0 Å². The molecule has 2 fully saturated rings. The molecule has 0 radical (unpaired) electrons.